The van der Waals surface area contributed by atoms with E-state index in [4.69, 9.17) is 20.5 Å². The number of rotatable bonds is 9. The lowest BCUT2D eigenvalue weighted by molar-refractivity contribution is 0.308. The van der Waals surface area contributed by atoms with Crippen molar-refractivity contribution in [2.75, 3.05) is 13.4 Å². The summed E-state index contributed by atoms with van der Waals surface area (Å²) in [6, 6.07) is 13.1. The average molecular weight is 481 g/mol. The first-order chi connectivity index (χ1) is 15.2. The fraction of sp³-hybridized carbons (Fsp3) is 0.273. The van der Waals surface area contributed by atoms with Crippen LogP contribution in [0.25, 0.3) is 11.3 Å². The van der Waals surface area contributed by atoms with Gasteiger partial charge in [-0.3, -0.25) is 8.98 Å². The van der Waals surface area contributed by atoms with Crippen molar-refractivity contribution in [3.8, 4) is 17.0 Å². The van der Waals surface area contributed by atoms with Crippen molar-refractivity contribution >= 4 is 21.7 Å². The number of hydrogen-bond donors (Lipinski definition) is 0. The Hall–Kier alpha value is -2.75. The molecule has 2 aromatic carbocycles. The molecule has 0 N–H and O–H groups in total. The van der Waals surface area contributed by atoms with Crippen LogP contribution in [-0.4, -0.2) is 31.6 Å². The number of aromatic nitrogens is 2. The largest absolute Gasteiger partial charge is 0.494 e. The molecule has 10 heteroatoms. The molecule has 0 radical (unpaired) electrons. The van der Waals surface area contributed by atoms with Gasteiger partial charge in [-0.05, 0) is 48.7 Å². The van der Waals surface area contributed by atoms with E-state index in [2.05, 4.69) is 5.10 Å². The van der Waals surface area contributed by atoms with E-state index in [1.807, 2.05) is 18.2 Å². The number of nitrogens with zero attached hydrogens (tertiary/aromatic N) is 2. The molecule has 7 nitrogen and oxygen atoms in total. The van der Waals surface area contributed by atoms with Gasteiger partial charge in [-0.1, -0.05) is 29.8 Å². The monoisotopic (exact) mass is 480 g/mol. The Kier molecular flexibility index (Phi) is 7.65. The molecule has 0 atom stereocenters. The van der Waals surface area contributed by atoms with Crippen molar-refractivity contribution < 1.29 is 21.7 Å². The van der Waals surface area contributed by atoms with E-state index in [9.17, 15) is 17.6 Å². The SMILES string of the molecule is COc1ccc(-c2cc(COS(C)(=O)=O)c(=O)n(CCCc3ccccc3Cl)n2)cc1F. The van der Waals surface area contributed by atoms with E-state index < -0.39 is 28.1 Å². The number of ether oxygens (including phenoxy) is 1. The lowest BCUT2D eigenvalue weighted by Gasteiger charge is -2.12. The minimum Gasteiger partial charge on any atom is -0.494 e. The van der Waals surface area contributed by atoms with Crippen LogP contribution < -0.4 is 10.3 Å². The minimum absolute atomic E-state index is 0.0717. The third-order valence-electron chi connectivity index (χ3n) is 4.70. The molecule has 0 saturated carbocycles. The second-order valence-electron chi connectivity index (χ2n) is 7.09. The molecule has 3 aromatic rings. The average Bonchev–Trinajstić information content (AvgIpc) is 2.74. The van der Waals surface area contributed by atoms with Crippen LogP contribution in [0.15, 0.2) is 53.3 Å². The van der Waals surface area contributed by atoms with Gasteiger partial charge in [0.05, 0.1) is 25.7 Å². The number of benzene rings is 2. The van der Waals surface area contributed by atoms with Gasteiger partial charge in [-0.2, -0.15) is 13.5 Å². The van der Waals surface area contributed by atoms with Crippen LogP contribution in [0, 0.1) is 5.82 Å². The Morgan fingerprint density at radius 3 is 2.53 bits per heavy atom. The van der Waals surface area contributed by atoms with Gasteiger partial charge in [-0.15, -0.1) is 0 Å². The smallest absolute Gasteiger partial charge is 0.272 e. The number of methoxy groups -OCH3 is 1. The molecule has 0 fully saturated rings. The van der Waals surface area contributed by atoms with Crippen LogP contribution in [0.5, 0.6) is 5.75 Å². The number of hydrogen-bond acceptors (Lipinski definition) is 6. The maximum atomic E-state index is 14.2. The van der Waals surface area contributed by atoms with Gasteiger partial charge >= 0.3 is 0 Å². The molecule has 0 aliphatic rings. The van der Waals surface area contributed by atoms with Crippen LogP contribution in [-0.2, 0) is 33.9 Å². The third-order valence-corrected chi connectivity index (χ3v) is 5.61. The molecule has 0 saturated heterocycles. The zero-order valence-electron chi connectivity index (χ0n) is 17.5. The fourth-order valence-electron chi connectivity index (χ4n) is 3.11. The van der Waals surface area contributed by atoms with Crippen molar-refractivity contribution in [1.82, 2.24) is 9.78 Å². The Morgan fingerprint density at radius 2 is 1.88 bits per heavy atom. The first kappa shape index (κ1) is 23.9. The molecule has 0 unspecified atom stereocenters. The summed E-state index contributed by atoms with van der Waals surface area (Å²) < 4.78 is 48.0. The Balaban J connectivity index is 1.93. The number of aryl methyl sites for hydroxylation is 2. The van der Waals surface area contributed by atoms with Gasteiger partial charge in [0.25, 0.3) is 15.7 Å². The molecule has 170 valence electrons. The Bertz CT molecular complexity index is 1280. The lowest BCUT2D eigenvalue weighted by Crippen LogP contribution is -2.28. The van der Waals surface area contributed by atoms with Crippen LogP contribution in [0.4, 0.5) is 4.39 Å². The van der Waals surface area contributed by atoms with Gasteiger partial charge < -0.3 is 4.74 Å². The first-order valence-corrected chi connectivity index (χ1v) is 11.9. The van der Waals surface area contributed by atoms with Gasteiger partial charge in [0.1, 0.15) is 0 Å². The van der Waals surface area contributed by atoms with Gasteiger partial charge in [0, 0.05) is 22.7 Å². The summed E-state index contributed by atoms with van der Waals surface area (Å²) in [6.45, 7) is -0.196. The molecule has 0 spiro atoms. The van der Waals surface area contributed by atoms with E-state index in [0.29, 0.717) is 29.1 Å². The predicted molar refractivity (Wildman–Crippen MR) is 120 cm³/mol. The van der Waals surface area contributed by atoms with E-state index >= 15 is 0 Å². The second-order valence-corrected chi connectivity index (χ2v) is 9.14. The van der Waals surface area contributed by atoms with Gasteiger partial charge in [-0.25, -0.2) is 9.07 Å². The molecule has 1 aromatic heterocycles. The third kappa shape index (κ3) is 6.15. The molecule has 1 heterocycles. The summed E-state index contributed by atoms with van der Waals surface area (Å²) in [5.74, 6) is -0.514. The summed E-state index contributed by atoms with van der Waals surface area (Å²) >= 11 is 6.19. The minimum atomic E-state index is -3.76. The standard InChI is InChI=1S/C22H22ClFN2O5S/c1-30-21-10-9-16(12-19(21)24)20-13-17(14-31-32(2,28)29)22(27)26(25-20)11-5-7-15-6-3-4-8-18(15)23/h3-4,6,8-10,12-13H,5,7,11,14H2,1-2H3. The summed E-state index contributed by atoms with van der Waals surface area (Å²) in [5, 5.41) is 4.99. The van der Waals surface area contributed by atoms with E-state index in [-0.39, 0.29) is 17.9 Å². The van der Waals surface area contributed by atoms with Crippen molar-refractivity contribution in [3.05, 3.63) is 80.9 Å². The van der Waals surface area contributed by atoms with E-state index in [1.165, 1.54) is 30.0 Å². The zero-order valence-corrected chi connectivity index (χ0v) is 19.1. The molecular formula is C22H22ClFN2O5S. The molecule has 32 heavy (non-hydrogen) atoms. The van der Waals surface area contributed by atoms with Gasteiger partial charge in [0.15, 0.2) is 11.6 Å². The highest BCUT2D eigenvalue weighted by atomic mass is 35.5. The van der Waals surface area contributed by atoms with Crippen molar-refractivity contribution in [2.45, 2.75) is 26.0 Å². The molecule has 0 bridgehead atoms. The summed E-state index contributed by atoms with van der Waals surface area (Å²) in [5.41, 5.74) is 1.26. The van der Waals surface area contributed by atoms with E-state index in [0.717, 1.165) is 11.8 Å². The van der Waals surface area contributed by atoms with Crippen LogP contribution in [0.2, 0.25) is 5.02 Å². The number of halogens is 2. The predicted octanol–water partition coefficient (Wildman–Crippen LogP) is 3.82. The summed E-state index contributed by atoms with van der Waals surface area (Å²) in [6.07, 6.45) is 2.07. The fourth-order valence-corrected chi connectivity index (χ4v) is 3.68. The highest BCUT2D eigenvalue weighted by Gasteiger charge is 2.14. The molecule has 0 amide bonds. The van der Waals surface area contributed by atoms with Crippen LogP contribution >= 0.6 is 11.6 Å². The second kappa shape index (κ2) is 10.2. The highest BCUT2D eigenvalue weighted by molar-refractivity contribution is 7.85. The lowest BCUT2D eigenvalue weighted by atomic mass is 10.1. The zero-order chi connectivity index (χ0) is 23.3. The summed E-state index contributed by atoms with van der Waals surface area (Å²) in [4.78, 5) is 12.9. The van der Waals surface area contributed by atoms with Crippen LogP contribution in [0.3, 0.4) is 0 Å². The molecule has 0 aliphatic heterocycles. The van der Waals surface area contributed by atoms with Crippen molar-refractivity contribution in [1.29, 1.82) is 0 Å². The Morgan fingerprint density at radius 1 is 1.12 bits per heavy atom. The van der Waals surface area contributed by atoms with E-state index in [1.54, 1.807) is 12.1 Å². The maximum absolute atomic E-state index is 14.2. The highest BCUT2D eigenvalue weighted by Crippen LogP contribution is 2.24. The quantitative estimate of drug-likeness (QED) is 0.433. The topological polar surface area (TPSA) is 87.5 Å². The maximum Gasteiger partial charge on any atom is 0.272 e. The van der Waals surface area contributed by atoms with Crippen LogP contribution in [0.1, 0.15) is 17.5 Å². The Labute approximate surface area is 190 Å². The van der Waals surface area contributed by atoms with Crippen molar-refractivity contribution in [3.63, 3.8) is 0 Å². The molecule has 0 aliphatic carbocycles. The van der Waals surface area contributed by atoms with Gasteiger partial charge in [0.2, 0.25) is 0 Å². The normalized spacial score (nSPS) is 11.5. The molecule has 3 rings (SSSR count). The van der Waals surface area contributed by atoms with Crippen molar-refractivity contribution in [2.24, 2.45) is 0 Å². The first-order valence-electron chi connectivity index (χ1n) is 9.70. The molecular weight excluding hydrogens is 459 g/mol. The summed E-state index contributed by atoms with van der Waals surface area (Å²) in [7, 11) is -2.41.